The minimum atomic E-state index is -0.369. The van der Waals surface area contributed by atoms with Crippen LogP contribution in [0.4, 0.5) is 11.4 Å². The summed E-state index contributed by atoms with van der Waals surface area (Å²) in [4.78, 5) is 19.6. The van der Waals surface area contributed by atoms with E-state index in [0.29, 0.717) is 17.1 Å². The lowest BCUT2D eigenvalue weighted by Crippen LogP contribution is -2.40. The number of anilines is 2. The van der Waals surface area contributed by atoms with Crippen molar-refractivity contribution in [2.45, 2.75) is 6.92 Å². The highest BCUT2D eigenvalue weighted by atomic mass is 35.5. The van der Waals surface area contributed by atoms with Crippen LogP contribution in [0.2, 0.25) is 5.02 Å². The second-order valence-electron chi connectivity index (χ2n) is 6.73. The standard InChI is InChI=1S/C20H22ClN5O3/c1-13-19-17-7-2-14(20(28)23-29-11-10-27)12-18(17)25(8-9-26(19)24-22-13)16-5-3-15(21)4-6-16/h2-7,12,22,24,27H,8-11H2,1H3,(H,23,28). The van der Waals surface area contributed by atoms with Crippen LogP contribution in [-0.4, -0.2) is 42.3 Å². The topological polar surface area (TPSA) is 89.1 Å². The summed E-state index contributed by atoms with van der Waals surface area (Å²) in [5.74, 6) is -0.369. The van der Waals surface area contributed by atoms with Crippen LogP contribution >= 0.6 is 11.6 Å². The average Bonchev–Trinajstić information content (AvgIpc) is 3.00. The minimum absolute atomic E-state index is 0.0337. The van der Waals surface area contributed by atoms with E-state index in [1.54, 1.807) is 6.07 Å². The summed E-state index contributed by atoms with van der Waals surface area (Å²) in [6.07, 6.45) is 0. The Hall–Kier alpha value is -2.78. The number of carbonyl (C=O) groups excluding carboxylic acids is 1. The van der Waals surface area contributed by atoms with Crippen LogP contribution in [0.25, 0.3) is 5.70 Å². The third kappa shape index (κ3) is 3.88. The van der Waals surface area contributed by atoms with Gasteiger partial charge in [0.25, 0.3) is 5.91 Å². The quantitative estimate of drug-likeness (QED) is 0.439. The van der Waals surface area contributed by atoms with Gasteiger partial charge in [-0.2, -0.15) is 0 Å². The van der Waals surface area contributed by atoms with Crippen LogP contribution < -0.4 is 21.3 Å². The van der Waals surface area contributed by atoms with Crippen LogP contribution in [0, 0.1) is 0 Å². The van der Waals surface area contributed by atoms with Gasteiger partial charge in [-0.25, -0.2) is 5.48 Å². The number of aliphatic hydroxyl groups excluding tert-OH is 1. The van der Waals surface area contributed by atoms with E-state index in [-0.39, 0.29) is 19.1 Å². The van der Waals surface area contributed by atoms with Crippen LogP contribution in [-0.2, 0) is 4.84 Å². The number of carbonyl (C=O) groups is 1. The van der Waals surface area contributed by atoms with E-state index in [2.05, 4.69) is 26.3 Å². The van der Waals surface area contributed by atoms with E-state index < -0.39 is 0 Å². The van der Waals surface area contributed by atoms with Crippen molar-refractivity contribution in [3.05, 3.63) is 64.3 Å². The van der Waals surface area contributed by atoms with Gasteiger partial charge >= 0.3 is 0 Å². The molecule has 0 saturated heterocycles. The lowest BCUT2D eigenvalue weighted by molar-refractivity contribution is 0.0168. The van der Waals surface area contributed by atoms with Gasteiger partial charge in [-0.15, -0.1) is 5.53 Å². The second-order valence-corrected chi connectivity index (χ2v) is 7.16. The SMILES string of the molecule is CC1=C2c3ccc(C(=O)NOCCO)cc3N(c3ccc(Cl)cc3)CCN2NN1. The molecule has 0 radical (unpaired) electrons. The van der Waals surface area contributed by atoms with Gasteiger partial charge in [-0.3, -0.25) is 14.6 Å². The van der Waals surface area contributed by atoms with Crippen molar-refractivity contribution < 1.29 is 14.7 Å². The zero-order valence-electron chi connectivity index (χ0n) is 15.9. The third-order valence-corrected chi connectivity index (χ3v) is 5.11. The third-order valence-electron chi connectivity index (χ3n) is 4.85. The number of hydroxylamine groups is 1. The molecule has 29 heavy (non-hydrogen) atoms. The van der Waals surface area contributed by atoms with Crippen LogP contribution in [0.5, 0.6) is 0 Å². The van der Waals surface area contributed by atoms with E-state index in [1.165, 1.54) is 0 Å². The highest BCUT2D eigenvalue weighted by Crippen LogP contribution is 2.39. The lowest BCUT2D eigenvalue weighted by atomic mass is 10.0. The first kappa shape index (κ1) is 19.5. The maximum absolute atomic E-state index is 12.5. The van der Waals surface area contributed by atoms with Crippen molar-refractivity contribution >= 4 is 34.6 Å². The van der Waals surface area contributed by atoms with Gasteiger partial charge in [-0.05, 0) is 49.4 Å². The molecule has 0 atom stereocenters. The number of benzene rings is 2. The molecule has 4 N–H and O–H groups in total. The summed E-state index contributed by atoms with van der Waals surface area (Å²) in [7, 11) is 0. The first-order valence-electron chi connectivity index (χ1n) is 9.29. The van der Waals surface area contributed by atoms with Crippen LogP contribution in [0.3, 0.4) is 0 Å². The molecule has 152 valence electrons. The molecule has 0 unspecified atom stereocenters. The number of halogens is 1. The van der Waals surface area contributed by atoms with Gasteiger partial charge in [-0.1, -0.05) is 11.6 Å². The highest BCUT2D eigenvalue weighted by Gasteiger charge is 2.30. The number of nitrogens with one attached hydrogen (secondary N) is 3. The number of rotatable bonds is 5. The summed E-state index contributed by atoms with van der Waals surface area (Å²) in [6.45, 7) is 3.31. The van der Waals surface area contributed by atoms with Gasteiger partial charge in [0, 0.05) is 28.4 Å². The molecule has 8 nitrogen and oxygen atoms in total. The Balaban J connectivity index is 1.77. The maximum Gasteiger partial charge on any atom is 0.274 e. The molecule has 0 bridgehead atoms. The Morgan fingerprint density at radius 2 is 2.03 bits per heavy atom. The number of amides is 1. The fourth-order valence-corrected chi connectivity index (χ4v) is 3.64. The number of hydrazine groups is 2. The van der Waals surface area contributed by atoms with E-state index in [0.717, 1.165) is 34.9 Å². The summed E-state index contributed by atoms with van der Waals surface area (Å²) in [6, 6.07) is 13.2. The normalized spacial score (nSPS) is 15.6. The van der Waals surface area contributed by atoms with E-state index in [9.17, 15) is 4.79 Å². The molecular weight excluding hydrogens is 394 g/mol. The second kappa shape index (κ2) is 8.30. The number of hydrogen-bond donors (Lipinski definition) is 4. The molecule has 2 aromatic rings. The fraction of sp³-hybridized carbons (Fsp3) is 0.250. The molecule has 2 aliphatic rings. The van der Waals surface area contributed by atoms with Gasteiger partial charge in [0.05, 0.1) is 36.8 Å². The summed E-state index contributed by atoms with van der Waals surface area (Å²) >= 11 is 6.07. The number of aliphatic hydroxyl groups is 1. The first-order chi connectivity index (χ1) is 14.1. The number of hydrogen-bond acceptors (Lipinski definition) is 7. The van der Waals surface area contributed by atoms with Crippen LogP contribution in [0.1, 0.15) is 22.8 Å². The Morgan fingerprint density at radius 3 is 2.79 bits per heavy atom. The van der Waals surface area contributed by atoms with Crippen molar-refractivity contribution in [3.63, 3.8) is 0 Å². The minimum Gasteiger partial charge on any atom is -0.394 e. The molecule has 0 fully saturated rings. The maximum atomic E-state index is 12.5. The average molecular weight is 416 g/mol. The Labute approximate surface area is 173 Å². The van der Waals surface area contributed by atoms with Gasteiger partial charge in [0.15, 0.2) is 0 Å². The molecule has 4 rings (SSSR count). The molecular formula is C20H22ClN5O3. The number of nitrogens with zero attached hydrogens (tertiary/aromatic N) is 2. The lowest BCUT2D eigenvalue weighted by Gasteiger charge is -2.25. The van der Waals surface area contributed by atoms with Crippen LogP contribution in [0.15, 0.2) is 48.2 Å². The van der Waals surface area contributed by atoms with E-state index in [4.69, 9.17) is 21.5 Å². The smallest absolute Gasteiger partial charge is 0.274 e. The Bertz CT molecular complexity index is 948. The monoisotopic (exact) mass is 415 g/mol. The molecule has 2 heterocycles. The van der Waals surface area contributed by atoms with Crippen molar-refractivity contribution in [1.82, 2.24) is 21.4 Å². The Morgan fingerprint density at radius 1 is 1.24 bits per heavy atom. The molecule has 0 saturated carbocycles. The molecule has 2 aromatic carbocycles. The molecule has 2 aliphatic heterocycles. The molecule has 0 aliphatic carbocycles. The van der Waals surface area contributed by atoms with Crippen molar-refractivity contribution in [2.24, 2.45) is 0 Å². The molecule has 1 amide bonds. The van der Waals surface area contributed by atoms with Crippen molar-refractivity contribution in [1.29, 1.82) is 0 Å². The predicted octanol–water partition coefficient (Wildman–Crippen LogP) is 2.16. The van der Waals surface area contributed by atoms with Crippen molar-refractivity contribution in [3.8, 4) is 0 Å². The largest absolute Gasteiger partial charge is 0.394 e. The predicted molar refractivity (Wildman–Crippen MR) is 111 cm³/mol. The summed E-state index contributed by atoms with van der Waals surface area (Å²) in [5, 5.41) is 11.6. The molecule has 0 aromatic heterocycles. The van der Waals surface area contributed by atoms with Gasteiger partial charge < -0.3 is 15.4 Å². The highest BCUT2D eigenvalue weighted by molar-refractivity contribution is 6.30. The summed E-state index contributed by atoms with van der Waals surface area (Å²) < 4.78 is 0. The van der Waals surface area contributed by atoms with E-state index >= 15 is 0 Å². The van der Waals surface area contributed by atoms with Gasteiger partial charge in [0.1, 0.15) is 0 Å². The van der Waals surface area contributed by atoms with E-state index in [1.807, 2.05) is 43.3 Å². The zero-order chi connectivity index (χ0) is 20.4. The fourth-order valence-electron chi connectivity index (χ4n) is 3.51. The van der Waals surface area contributed by atoms with Crippen molar-refractivity contribution in [2.75, 3.05) is 31.2 Å². The first-order valence-corrected chi connectivity index (χ1v) is 9.67. The molecule has 0 spiro atoms. The Kier molecular flexibility index (Phi) is 5.59. The number of allylic oxidation sites excluding steroid dienone is 1. The van der Waals surface area contributed by atoms with Gasteiger partial charge in [0.2, 0.25) is 0 Å². The molecule has 9 heteroatoms. The number of fused-ring (bicyclic) bond motifs is 3. The summed E-state index contributed by atoms with van der Waals surface area (Å²) in [5.41, 5.74) is 14.1. The zero-order valence-corrected chi connectivity index (χ0v) is 16.7.